The van der Waals surface area contributed by atoms with E-state index in [9.17, 15) is 9.18 Å². The molecule has 1 aromatic carbocycles. The second-order valence-corrected chi connectivity index (χ2v) is 6.08. The standard InChI is InChI=1S/C18H27FN2O3/c1-5-23-17(24-6-2)12-20(4)18(22)16-11-21(16)10-14-9-15(19)8-7-13(14)3/h7-9,16-17H,5-6,10-12H2,1-4H3. The lowest BCUT2D eigenvalue weighted by Gasteiger charge is -2.24. The van der Waals surface area contributed by atoms with Gasteiger partial charge in [0, 0.05) is 33.4 Å². The maximum atomic E-state index is 13.4. The van der Waals surface area contributed by atoms with Crippen molar-refractivity contribution in [3.8, 4) is 0 Å². The number of aryl methyl sites for hydroxylation is 1. The molecule has 0 saturated carbocycles. The van der Waals surface area contributed by atoms with E-state index in [1.165, 1.54) is 6.07 Å². The first-order valence-corrected chi connectivity index (χ1v) is 8.43. The van der Waals surface area contributed by atoms with Gasteiger partial charge in [-0.05, 0) is 44.0 Å². The highest BCUT2D eigenvalue weighted by Crippen LogP contribution is 2.24. The van der Waals surface area contributed by atoms with Crippen LogP contribution >= 0.6 is 0 Å². The van der Waals surface area contributed by atoms with Crippen LogP contribution in [0.5, 0.6) is 0 Å². The predicted molar refractivity (Wildman–Crippen MR) is 90.0 cm³/mol. The maximum absolute atomic E-state index is 13.4. The smallest absolute Gasteiger partial charge is 0.241 e. The highest BCUT2D eigenvalue weighted by Gasteiger charge is 2.42. The van der Waals surface area contributed by atoms with Crippen molar-refractivity contribution in [2.45, 2.75) is 39.6 Å². The molecule has 1 aromatic rings. The summed E-state index contributed by atoms with van der Waals surface area (Å²) < 4.78 is 24.3. The van der Waals surface area contributed by atoms with Gasteiger partial charge in [0.1, 0.15) is 11.9 Å². The van der Waals surface area contributed by atoms with Crippen molar-refractivity contribution < 1.29 is 18.7 Å². The molecule has 1 amide bonds. The molecular weight excluding hydrogens is 311 g/mol. The van der Waals surface area contributed by atoms with Crippen LogP contribution in [-0.4, -0.2) is 61.4 Å². The van der Waals surface area contributed by atoms with Gasteiger partial charge in [-0.1, -0.05) is 6.07 Å². The fourth-order valence-corrected chi connectivity index (χ4v) is 2.71. The lowest BCUT2D eigenvalue weighted by atomic mass is 10.1. The zero-order valence-electron chi connectivity index (χ0n) is 14.9. The van der Waals surface area contributed by atoms with Crippen LogP contribution in [0.15, 0.2) is 18.2 Å². The van der Waals surface area contributed by atoms with Crippen LogP contribution in [0.25, 0.3) is 0 Å². The van der Waals surface area contributed by atoms with E-state index in [0.717, 1.165) is 11.1 Å². The Hall–Kier alpha value is -1.50. The zero-order valence-corrected chi connectivity index (χ0v) is 14.9. The van der Waals surface area contributed by atoms with Crippen molar-refractivity contribution >= 4 is 5.91 Å². The number of likely N-dealkylation sites (N-methyl/N-ethyl adjacent to an activating group) is 1. The molecule has 1 aliphatic heterocycles. The van der Waals surface area contributed by atoms with Crippen LogP contribution in [0.2, 0.25) is 0 Å². The highest BCUT2D eigenvalue weighted by molar-refractivity contribution is 5.84. The molecule has 2 unspecified atom stereocenters. The van der Waals surface area contributed by atoms with E-state index in [4.69, 9.17) is 9.47 Å². The average molecular weight is 338 g/mol. The summed E-state index contributed by atoms with van der Waals surface area (Å²) in [4.78, 5) is 16.2. The van der Waals surface area contributed by atoms with Crippen molar-refractivity contribution in [1.29, 1.82) is 0 Å². The first-order valence-electron chi connectivity index (χ1n) is 8.43. The molecule has 6 heteroatoms. The van der Waals surface area contributed by atoms with Gasteiger partial charge < -0.3 is 14.4 Å². The number of amides is 1. The first kappa shape index (κ1) is 18.8. The summed E-state index contributed by atoms with van der Waals surface area (Å²) in [5.74, 6) is -0.192. The summed E-state index contributed by atoms with van der Waals surface area (Å²) in [5.41, 5.74) is 1.96. The average Bonchev–Trinajstić information content (AvgIpc) is 3.30. The monoisotopic (exact) mass is 338 g/mol. The van der Waals surface area contributed by atoms with E-state index in [1.807, 2.05) is 25.7 Å². The molecule has 5 nitrogen and oxygen atoms in total. The molecule has 0 bridgehead atoms. The molecule has 1 aliphatic rings. The number of hydrogen-bond donors (Lipinski definition) is 0. The third kappa shape index (κ3) is 5.00. The largest absolute Gasteiger partial charge is 0.351 e. The van der Waals surface area contributed by atoms with E-state index >= 15 is 0 Å². The summed E-state index contributed by atoms with van der Waals surface area (Å²) in [6, 6.07) is 4.63. The van der Waals surface area contributed by atoms with Gasteiger partial charge >= 0.3 is 0 Å². The minimum absolute atomic E-state index is 0.0495. The van der Waals surface area contributed by atoms with Crippen molar-refractivity contribution in [2.24, 2.45) is 0 Å². The summed E-state index contributed by atoms with van der Waals surface area (Å²) >= 11 is 0. The van der Waals surface area contributed by atoms with Gasteiger partial charge in [0.25, 0.3) is 0 Å². The third-order valence-corrected chi connectivity index (χ3v) is 4.19. The van der Waals surface area contributed by atoms with Crippen LogP contribution < -0.4 is 0 Å². The van der Waals surface area contributed by atoms with Crippen LogP contribution in [0, 0.1) is 12.7 Å². The van der Waals surface area contributed by atoms with Crippen molar-refractivity contribution in [2.75, 3.05) is 33.4 Å². The number of rotatable bonds is 9. The van der Waals surface area contributed by atoms with E-state index in [0.29, 0.717) is 32.8 Å². The molecule has 0 aliphatic carbocycles. The van der Waals surface area contributed by atoms with Crippen LogP contribution in [-0.2, 0) is 20.8 Å². The van der Waals surface area contributed by atoms with Gasteiger partial charge in [-0.2, -0.15) is 0 Å². The molecule has 1 fully saturated rings. The second kappa shape index (κ2) is 8.55. The Bertz CT molecular complexity index is 561. The number of hydrogen-bond acceptors (Lipinski definition) is 4. The number of nitrogens with zero attached hydrogens (tertiary/aromatic N) is 2. The molecule has 0 aromatic heterocycles. The van der Waals surface area contributed by atoms with E-state index in [2.05, 4.69) is 0 Å². The van der Waals surface area contributed by atoms with Crippen LogP contribution in [0.1, 0.15) is 25.0 Å². The Morgan fingerprint density at radius 1 is 1.38 bits per heavy atom. The predicted octanol–water partition coefficient (Wildman–Crippen LogP) is 2.18. The topological polar surface area (TPSA) is 41.8 Å². The minimum atomic E-state index is -0.397. The van der Waals surface area contributed by atoms with E-state index in [1.54, 1.807) is 24.1 Å². The van der Waals surface area contributed by atoms with Crippen molar-refractivity contribution in [1.82, 2.24) is 9.80 Å². The number of carbonyl (C=O) groups is 1. The molecule has 24 heavy (non-hydrogen) atoms. The Balaban J connectivity index is 1.87. The summed E-state index contributed by atoms with van der Waals surface area (Å²) in [7, 11) is 1.76. The van der Waals surface area contributed by atoms with E-state index < -0.39 is 6.29 Å². The second-order valence-electron chi connectivity index (χ2n) is 6.08. The molecule has 0 spiro atoms. The fourth-order valence-electron chi connectivity index (χ4n) is 2.71. The Labute approximate surface area is 143 Å². The summed E-state index contributed by atoms with van der Waals surface area (Å²) in [6.07, 6.45) is -0.397. The molecule has 1 saturated heterocycles. The zero-order chi connectivity index (χ0) is 17.7. The molecule has 0 N–H and O–H groups in total. The molecule has 1 heterocycles. The fraction of sp³-hybridized carbons (Fsp3) is 0.611. The summed E-state index contributed by atoms with van der Waals surface area (Å²) in [6.45, 7) is 8.54. The maximum Gasteiger partial charge on any atom is 0.241 e. The molecule has 2 rings (SSSR count). The summed E-state index contributed by atoms with van der Waals surface area (Å²) in [5, 5.41) is 0. The lowest BCUT2D eigenvalue weighted by molar-refractivity contribution is -0.156. The van der Waals surface area contributed by atoms with Gasteiger partial charge in [-0.15, -0.1) is 0 Å². The normalized spacial score (nSPS) is 19.6. The Morgan fingerprint density at radius 3 is 2.67 bits per heavy atom. The molecule has 0 radical (unpaired) electrons. The van der Waals surface area contributed by atoms with Gasteiger partial charge in [-0.3, -0.25) is 9.69 Å². The Morgan fingerprint density at radius 2 is 2.04 bits per heavy atom. The highest BCUT2D eigenvalue weighted by atomic mass is 19.1. The van der Waals surface area contributed by atoms with Gasteiger partial charge in [0.05, 0.1) is 6.54 Å². The van der Waals surface area contributed by atoms with Crippen molar-refractivity contribution in [3.05, 3.63) is 35.1 Å². The lowest BCUT2D eigenvalue weighted by Crippen LogP contribution is -2.40. The van der Waals surface area contributed by atoms with Gasteiger partial charge in [0.2, 0.25) is 5.91 Å². The number of benzene rings is 1. The number of ether oxygens (including phenoxy) is 2. The molecule has 2 atom stereocenters. The van der Waals surface area contributed by atoms with Crippen molar-refractivity contribution in [3.63, 3.8) is 0 Å². The first-order chi connectivity index (χ1) is 11.5. The number of carbonyl (C=O) groups excluding carboxylic acids is 1. The minimum Gasteiger partial charge on any atom is -0.351 e. The SMILES string of the molecule is CCOC(CN(C)C(=O)C1CN1Cc1cc(F)ccc1C)OCC. The third-order valence-electron chi connectivity index (χ3n) is 4.19. The molecular formula is C18H27FN2O3. The Kier molecular flexibility index (Phi) is 6.71. The van der Waals surface area contributed by atoms with Crippen LogP contribution in [0.3, 0.4) is 0 Å². The molecule has 134 valence electrons. The number of halogens is 1. The van der Waals surface area contributed by atoms with Gasteiger partial charge in [0.15, 0.2) is 6.29 Å². The van der Waals surface area contributed by atoms with Crippen LogP contribution in [0.4, 0.5) is 4.39 Å². The van der Waals surface area contributed by atoms with Gasteiger partial charge in [-0.25, -0.2) is 4.39 Å². The quantitative estimate of drug-likeness (QED) is 0.511. The van der Waals surface area contributed by atoms with E-state index in [-0.39, 0.29) is 17.8 Å².